The van der Waals surface area contributed by atoms with Gasteiger partial charge < -0.3 is 10.5 Å². The standard InChI is InChI=1S/C13H24N2OS/c1-15(10-12(14)17)11-5-8-16-13(9-11)6-3-2-4-7-13/h11H,2-10H2,1H3,(H2,14,17). The molecule has 1 aliphatic heterocycles. The topological polar surface area (TPSA) is 38.5 Å². The maximum atomic E-state index is 6.10. The lowest BCUT2D eigenvalue weighted by molar-refractivity contribution is -0.120. The first-order valence-electron chi connectivity index (χ1n) is 6.74. The molecule has 1 heterocycles. The average molecular weight is 256 g/mol. The Balaban J connectivity index is 1.93. The molecule has 98 valence electrons. The summed E-state index contributed by atoms with van der Waals surface area (Å²) >= 11 is 4.99. The summed E-state index contributed by atoms with van der Waals surface area (Å²) in [5, 5.41) is 0. The number of likely N-dealkylation sites (N-methyl/N-ethyl adjacent to an activating group) is 1. The third-order valence-electron chi connectivity index (χ3n) is 4.26. The molecule has 0 amide bonds. The minimum Gasteiger partial charge on any atom is -0.392 e. The maximum Gasteiger partial charge on any atom is 0.0870 e. The van der Waals surface area contributed by atoms with E-state index in [1.165, 1.54) is 32.1 Å². The van der Waals surface area contributed by atoms with E-state index in [2.05, 4.69) is 11.9 Å². The number of thiocarbonyl (C=S) groups is 1. The number of hydrogen-bond donors (Lipinski definition) is 1. The number of hydrogen-bond acceptors (Lipinski definition) is 3. The van der Waals surface area contributed by atoms with Gasteiger partial charge in [-0.25, -0.2) is 0 Å². The molecule has 17 heavy (non-hydrogen) atoms. The third-order valence-corrected chi connectivity index (χ3v) is 4.39. The highest BCUT2D eigenvalue weighted by molar-refractivity contribution is 7.80. The summed E-state index contributed by atoms with van der Waals surface area (Å²) in [5.41, 5.74) is 5.80. The molecule has 0 radical (unpaired) electrons. The fourth-order valence-electron chi connectivity index (χ4n) is 3.30. The molecule has 0 aromatic rings. The van der Waals surface area contributed by atoms with Crippen LogP contribution in [0.3, 0.4) is 0 Å². The largest absolute Gasteiger partial charge is 0.392 e. The molecule has 1 saturated carbocycles. The molecular formula is C13H24N2OS. The molecular weight excluding hydrogens is 232 g/mol. The van der Waals surface area contributed by atoms with Gasteiger partial charge >= 0.3 is 0 Å². The molecule has 4 heteroatoms. The molecule has 2 rings (SSSR count). The Morgan fingerprint density at radius 2 is 2.12 bits per heavy atom. The first-order chi connectivity index (χ1) is 8.11. The molecule has 2 aliphatic rings. The van der Waals surface area contributed by atoms with Crippen LogP contribution in [0.5, 0.6) is 0 Å². The molecule has 3 nitrogen and oxygen atoms in total. The second kappa shape index (κ2) is 5.63. The van der Waals surface area contributed by atoms with Crippen molar-refractivity contribution in [2.45, 2.75) is 56.6 Å². The summed E-state index contributed by atoms with van der Waals surface area (Å²) in [6.07, 6.45) is 8.78. The van der Waals surface area contributed by atoms with Gasteiger partial charge in [0.1, 0.15) is 0 Å². The van der Waals surface area contributed by atoms with Gasteiger partial charge in [0.25, 0.3) is 0 Å². The lowest BCUT2D eigenvalue weighted by Gasteiger charge is -2.45. The normalized spacial score (nSPS) is 28.5. The van der Waals surface area contributed by atoms with Crippen molar-refractivity contribution in [3.8, 4) is 0 Å². The van der Waals surface area contributed by atoms with Crippen LogP contribution < -0.4 is 5.73 Å². The van der Waals surface area contributed by atoms with E-state index in [0.29, 0.717) is 11.0 Å². The molecule has 1 spiro atoms. The van der Waals surface area contributed by atoms with Gasteiger partial charge in [-0.1, -0.05) is 31.5 Å². The fraction of sp³-hybridized carbons (Fsp3) is 0.923. The van der Waals surface area contributed by atoms with E-state index in [0.717, 1.165) is 26.0 Å². The lowest BCUT2D eigenvalue weighted by atomic mass is 9.78. The van der Waals surface area contributed by atoms with Crippen LogP contribution in [-0.2, 0) is 4.74 Å². The second-order valence-electron chi connectivity index (χ2n) is 5.62. The molecule has 2 N–H and O–H groups in total. The lowest BCUT2D eigenvalue weighted by Crippen LogP contribution is -2.49. The zero-order valence-corrected chi connectivity index (χ0v) is 11.6. The Morgan fingerprint density at radius 3 is 2.76 bits per heavy atom. The predicted molar refractivity (Wildman–Crippen MR) is 74.2 cm³/mol. The van der Waals surface area contributed by atoms with E-state index in [4.69, 9.17) is 22.7 Å². The Hall–Kier alpha value is -0.190. The SMILES string of the molecule is CN(CC(N)=S)C1CCOC2(CCCCC2)C1. The van der Waals surface area contributed by atoms with E-state index in [1.54, 1.807) is 0 Å². The molecule has 1 saturated heterocycles. The Kier molecular flexibility index (Phi) is 4.39. The third kappa shape index (κ3) is 3.39. The van der Waals surface area contributed by atoms with Gasteiger partial charge in [0.15, 0.2) is 0 Å². The molecule has 2 fully saturated rings. The van der Waals surface area contributed by atoms with Crippen molar-refractivity contribution in [2.24, 2.45) is 5.73 Å². The van der Waals surface area contributed by atoms with Gasteiger partial charge in [0.05, 0.1) is 10.6 Å². The van der Waals surface area contributed by atoms with Crippen LogP contribution in [0.4, 0.5) is 0 Å². The van der Waals surface area contributed by atoms with Crippen molar-refractivity contribution in [2.75, 3.05) is 20.2 Å². The molecule has 1 unspecified atom stereocenters. The Labute approximate surface area is 110 Å². The van der Waals surface area contributed by atoms with E-state index < -0.39 is 0 Å². The molecule has 1 atom stereocenters. The van der Waals surface area contributed by atoms with Gasteiger partial charge in [-0.2, -0.15) is 0 Å². The van der Waals surface area contributed by atoms with Crippen LogP contribution in [0.1, 0.15) is 44.9 Å². The quantitative estimate of drug-likeness (QED) is 0.785. The highest BCUT2D eigenvalue weighted by Gasteiger charge is 2.39. The number of nitrogens with two attached hydrogens (primary N) is 1. The average Bonchev–Trinajstić information content (AvgIpc) is 2.29. The summed E-state index contributed by atoms with van der Waals surface area (Å²) in [6, 6.07) is 0.586. The number of nitrogens with zero attached hydrogens (tertiary/aromatic N) is 1. The van der Waals surface area contributed by atoms with Gasteiger partial charge in [-0.05, 0) is 32.7 Å². The number of ether oxygens (including phenoxy) is 1. The van der Waals surface area contributed by atoms with Crippen LogP contribution in [0.25, 0.3) is 0 Å². The Morgan fingerprint density at radius 1 is 1.41 bits per heavy atom. The highest BCUT2D eigenvalue weighted by Crippen LogP contribution is 2.39. The van der Waals surface area contributed by atoms with E-state index in [1.807, 2.05) is 0 Å². The minimum atomic E-state index is 0.172. The smallest absolute Gasteiger partial charge is 0.0870 e. The summed E-state index contributed by atoms with van der Waals surface area (Å²) in [7, 11) is 2.13. The van der Waals surface area contributed by atoms with E-state index in [9.17, 15) is 0 Å². The monoisotopic (exact) mass is 256 g/mol. The van der Waals surface area contributed by atoms with Crippen LogP contribution in [0.15, 0.2) is 0 Å². The van der Waals surface area contributed by atoms with Crippen LogP contribution in [-0.4, -0.2) is 41.7 Å². The van der Waals surface area contributed by atoms with Gasteiger partial charge in [0.2, 0.25) is 0 Å². The van der Waals surface area contributed by atoms with Gasteiger partial charge in [-0.15, -0.1) is 0 Å². The summed E-state index contributed by atoms with van der Waals surface area (Å²) in [5.74, 6) is 0. The molecule has 0 aromatic carbocycles. The summed E-state index contributed by atoms with van der Waals surface area (Å²) < 4.78 is 6.10. The van der Waals surface area contributed by atoms with E-state index in [-0.39, 0.29) is 5.60 Å². The molecule has 0 aromatic heterocycles. The van der Waals surface area contributed by atoms with Crippen LogP contribution >= 0.6 is 12.2 Å². The van der Waals surface area contributed by atoms with Crippen molar-refractivity contribution in [1.82, 2.24) is 4.90 Å². The number of rotatable bonds is 3. The van der Waals surface area contributed by atoms with Gasteiger partial charge in [-0.3, -0.25) is 4.90 Å². The zero-order valence-electron chi connectivity index (χ0n) is 10.8. The van der Waals surface area contributed by atoms with Crippen molar-refractivity contribution in [3.63, 3.8) is 0 Å². The van der Waals surface area contributed by atoms with Crippen molar-refractivity contribution in [1.29, 1.82) is 0 Å². The van der Waals surface area contributed by atoms with Crippen molar-refractivity contribution >= 4 is 17.2 Å². The fourth-order valence-corrected chi connectivity index (χ4v) is 3.50. The second-order valence-corrected chi connectivity index (χ2v) is 6.14. The van der Waals surface area contributed by atoms with Crippen molar-refractivity contribution < 1.29 is 4.74 Å². The predicted octanol–water partition coefficient (Wildman–Crippen LogP) is 2.09. The van der Waals surface area contributed by atoms with E-state index >= 15 is 0 Å². The first kappa shape index (κ1) is 13.2. The maximum absolute atomic E-state index is 6.10. The van der Waals surface area contributed by atoms with Crippen molar-refractivity contribution in [3.05, 3.63) is 0 Å². The van der Waals surface area contributed by atoms with Crippen LogP contribution in [0.2, 0.25) is 0 Å². The first-order valence-corrected chi connectivity index (χ1v) is 7.15. The summed E-state index contributed by atoms with van der Waals surface area (Å²) in [4.78, 5) is 2.90. The zero-order chi connectivity index (χ0) is 12.3. The molecule has 0 bridgehead atoms. The minimum absolute atomic E-state index is 0.172. The molecule has 1 aliphatic carbocycles. The Bertz CT molecular complexity index is 271. The van der Waals surface area contributed by atoms with Gasteiger partial charge in [0, 0.05) is 19.2 Å². The van der Waals surface area contributed by atoms with Crippen LogP contribution in [0, 0.1) is 0 Å². The highest BCUT2D eigenvalue weighted by atomic mass is 32.1. The summed E-state index contributed by atoms with van der Waals surface area (Å²) in [6.45, 7) is 1.63.